The quantitative estimate of drug-likeness (QED) is 0.382. The SMILES string of the molecule is O=C(COc1cccc(N2CCCC2=O)c1)NNC(=O)c1cn(-c2ccccc2)nc1-c1ccccc1. The number of ether oxygens (including phenoxy) is 1. The largest absolute Gasteiger partial charge is 0.484 e. The van der Waals surface area contributed by atoms with Gasteiger partial charge in [-0.15, -0.1) is 0 Å². The van der Waals surface area contributed by atoms with Gasteiger partial charge in [-0.1, -0.05) is 54.6 Å². The number of amides is 3. The van der Waals surface area contributed by atoms with Gasteiger partial charge in [-0.25, -0.2) is 4.68 Å². The van der Waals surface area contributed by atoms with E-state index < -0.39 is 11.8 Å². The predicted octanol–water partition coefficient (Wildman–Crippen LogP) is 3.51. The second-order valence-electron chi connectivity index (χ2n) is 8.47. The standard InChI is InChI=1S/C28H25N5O4/c34-25(19-37-23-14-7-13-22(17-23)32-16-8-15-26(32)35)29-30-28(36)24-18-33(21-11-5-2-6-12-21)31-27(24)20-9-3-1-4-10-20/h1-7,9-14,17-18H,8,15-16,19H2,(H,29,34)(H,30,36). The molecule has 9 heteroatoms. The van der Waals surface area contributed by atoms with E-state index in [4.69, 9.17) is 4.74 Å². The fraction of sp³-hybridized carbons (Fsp3) is 0.143. The lowest BCUT2D eigenvalue weighted by atomic mass is 10.1. The second kappa shape index (κ2) is 10.8. The highest BCUT2D eigenvalue weighted by Crippen LogP contribution is 2.26. The van der Waals surface area contributed by atoms with Crippen molar-refractivity contribution in [2.75, 3.05) is 18.1 Å². The van der Waals surface area contributed by atoms with E-state index in [0.717, 1.165) is 23.4 Å². The van der Waals surface area contributed by atoms with E-state index in [-0.39, 0.29) is 12.5 Å². The number of para-hydroxylation sites is 1. The molecule has 3 aromatic carbocycles. The van der Waals surface area contributed by atoms with Crippen molar-refractivity contribution < 1.29 is 19.1 Å². The molecule has 0 bridgehead atoms. The Morgan fingerprint density at radius 2 is 1.62 bits per heavy atom. The van der Waals surface area contributed by atoms with E-state index in [2.05, 4.69) is 16.0 Å². The first-order valence-electron chi connectivity index (χ1n) is 11.9. The van der Waals surface area contributed by atoms with Crippen LogP contribution < -0.4 is 20.5 Å². The van der Waals surface area contributed by atoms with E-state index in [9.17, 15) is 14.4 Å². The molecule has 2 N–H and O–H groups in total. The molecule has 0 radical (unpaired) electrons. The molecule has 1 aliphatic heterocycles. The Balaban J connectivity index is 1.24. The van der Waals surface area contributed by atoms with E-state index in [0.29, 0.717) is 30.0 Å². The molecule has 0 spiro atoms. The molecular weight excluding hydrogens is 470 g/mol. The highest BCUT2D eigenvalue weighted by molar-refractivity contribution is 6.00. The smallest absolute Gasteiger partial charge is 0.276 e. The van der Waals surface area contributed by atoms with E-state index in [1.54, 1.807) is 34.0 Å². The summed E-state index contributed by atoms with van der Waals surface area (Å²) in [5, 5.41) is 4.61. The number of aromatic nitrogens is 2. The molecule has 4 aromatic rings. The monoisotopic (exact) mass is 495 g/mol. The fourth-order valence-corrected chi connectivity index (χ4v) is 4.10. The maximum absolute atomic E-state index is 13.0. The van der Waals surface area contributed by atoms with Crippen molar-refractivity contribution in [2.24, 2.45) is 0 Å². The third kappa shape index (κ3) is 5.51. The summed E-state index contributed by atoms with van der Waals surface area (Å²) in [4.78, 5) is 39.1. The van der Waals surface area contributed by atoms with Gasteiger partial charge in [0, 0.05) is 36.5 Å². The Morgan fingerprint density at radius 1 is 0.892 bits per heavy atom. The average molecular weight is 496 g/mol. The summed E-state index contributed by atoms with van der Waals surface area (Å²) < 4.78 is 7.20. The van der Waals surface area contributed by atoms with Gasteiger partial charge in [-0.2, -0.15) is 5.10 Å². The van der Waals surface area contributed by atoms with Crippen LogP contribution in [0.5, 0.6) is 5.75 Å². The van der Waals surface area contributed by atoms with Gasteiger partial charge >= 0.3 is 0 Å². The van der Waals surface area contributed by atoms with Crippen molar-refractivity contribution >= 4 is 23.4 Å². The molecule has 5 rings (SSSR count). The van der Waals surface area contributed by atoms with Gasteiger partial charge in [0.05, 0.1) is 11.3 Å². The number of hydrogen-bond donors (Lipinski definition) is 2. The number of anilines is 1. The minimum Gasteiger partial charge on any atom is -0.484 e. The summed E-state index contributed by atoms with van der Waals surface area (Å²) >= 11 is 0. The van der Waals surface area contributed by atoms with E-state index in [1.165, 1.54) is 0 Å². The zero-order valence-electron chi connectivity index (χ0n) is 20.0. The normalized spacial score (nSPS) is 12.9. The summed E-state index contributed by atoms with van der Waals surface area (Å²) in [6.07, 6.45) is 2.98. The molecule has 2 heterocycles. The van der Waals surface area contributed by atoms with Gasteiger partial charge in [-0.3, -0.25) is 25.2 Å². The zero-order valence-corrected chi connectivity index (χ0v) is 20.0. The second-order valence-corrected chi connectivity index (χ2v) is 8.47. The Morgan fingerprint density at radius 3 is 2.35 bits per heavy atom. The topological polar surface area (TPSA) is 106 Å². The third-order valence-corrected chi connectivity index (χ3v) is 5.91. The fourth-order valence-electron chi connectivity index (χ4n) is 4.10. The number of hydrogen-bond acceptors (Lipinski definition) is 5. The summed E-state index contributed by atoms with van der Waals surface area (Å²) in [5.41, 5.74) is 7.93. The highest BCUT2D eigenvalue weighted by atomic mass is 16.5. The van der Waals surface area contributed by atoms with E-state index >= 15 is 0 Å². The van der Waals surface area contributed by atoms with Crippen LogP contribution in [0.4, 0.5) is 5.69 Å². The number of rotatable bonds is 7. The number of nitrogens with zero attached hydrogens (tertiary/aromatic N) is 3. The van der Waals surface area contributed by atoms with Crippen LogP contribution in [-0.4, -0.2) is 40.7 Å². The summed E-state index contributed by atoms with van der Waals surface area (Å²) in [6, 6.07) is 25.8. The molecule has 37 heavy (non-hydrogen) atoms. The van der Waals surface area contributed by atoms with Gasteiger partial charge in [0.15, 0.2) is 6.61 Å². The molecule has 1 saturated heterocycles. The van der Waals surface area contributed by atoms with Gasteiger partial charge < -0.3 is 9.64 Å². The van der Waals surface area contributed by atoms with Crippen LogP contribution in [0.1, 0.15) is 23.2 Å². The summed E-state index contributed by atoms with van der Waals surface area (Å²) in [5.74, 6) is -0.520. The molecular formula is C28H25N5O4. The lowest BCUT2D eigenvalue weighted by Gasteiger charge is -2.16. The number of nitrogens with one attached hydrogen (secondary N) is 2. The molecule has 0 aliphatic carbocycles. The van der Waals surface area contributed by atoms with Crippen molar-refractivity contribution in [1.29, 1.82) is 0 Å². The molecule has 186 valence electrons. The maximum atomic E-state index is 13.0. The van der Waals surface area contributed by atoms with Crippen LogP contribution >= 0.6 is 0 Å². The van der Waals surface area contributed by atoms with Crippen LogP contribution in [0.2, 0.25) is 0 Å². The van der Waals surface area contributed by atoms with E-state index in [1.807, 2.05) is 66.7 Å². The maximum Gasteiger partial charge on any atom is 0.276 e. The Hall–Kier alpha value is -4.92. The Kier molecular flexibility index (Phi) is 6.93. The minimum atomic E-state index is -0.535. The summed E-state index contributed by atoms with van der Waals surface area (Å²) in [6.45, 7) is 0.354. The number of carbonyl (C=O) groups is 3. The molecule has 1 fully saturated rings. The van der Waals surface area contributed by atoms with Crippen LogP contribution in [0.15, 0.2) is 91.1 Å². The first kappa shape index (κ1) is 23.8. The molecule has 1 aliphatic rings. The highest BCUT2D eigenvalue weighted by Gasteiger charge is 2.22. The first-order valence-corrected chi connectivity index (χ1v) is 11.9. The molecule has 1 aromatic heterocycles. The van der Waals surface area contributed by atoms with Gasteiger partial charge in [0.25, 0.3) is 11.8 Å². The first-order chi connectivity index (χ1) is 18.1. The van der Waals surface area contributed by atoms with Crippen molar-refractivity contribution in [1.82, 2.24) is 20.6 Å². The lowest BCUT2D eigenvalue weighted by molar-refractivity contribution is -0.123. The van der Waals surface area contributed by atoms with Crippen molar-refractivity contribution in [2.45, 2.75) is 12.8 Å². The molecule has 0 saturated carbocycles. The molecule has 9 nitrogen and oxygen atoms in total. The van der Waals surface area contributed by atoms with Gasteiger partial charge in [0.2, 0.25) is 5.91 Å². The average Bonchev–Trinajstić information content (AvgIpc) is 3.59. The van der Waals surface area contributed by atoms with Gasteiger partial charge in [-0.05, 0) is 30.7 Å². The molecule has 3 amide bonds. The number of hydrazine groups is 1. The van der Waals surface area contributed by atoms with Crippen LogP contribution in [0, 0.1) is 0 Å². The molecule has 0 atom stereocenters. The van der Waals surface area contributed by atoms with Crippen LogP contribution in [0.3, 0.4) is 0 Å². The van der Waals surface area contributed by atoms with Crippen LogP contribution in [-0.2, 0) is 9.59 Å². The lowest BCUT2D eigenvalue weighted by Crippen LogP contribution is -2.43. The Labute approximate surface area is 213 Å². The third-order valence-electron chi connectivity index (χ3n) is 5.91. The van der Waals surface area contributed by atoms with Crippen molar-refractivity contribution in [3.63, 3.8) is 0 Å². The zero-order chi connectivity index (χ0) is 25.6. The minimum absolute atomic E-state index is 0.0723. The van der Waals surface area contributed by atoms with Crippen LogP contribution in [0.25, 0.3) is 16.9 Å². The Bertz CT molecular complexity index is 1420. The van der Waals surface area contributed by atoms with Crippen molar-refractivity contribution in [3.8, 4) is 22.7 Å². The summed E-state index contributed by atoms with van der Waals surface area (Å²) in [7, 11) is 0. The number of carbonyl (C=O) groups excluding carboxylic acids is 3. The van der Waals surface area contributed by atoms with Gasteiger partial charge in [0.1, 0.15) is 11.4 Å². The molecule has 0 unspecified atom stereocenters. The predicted molar refractivity (Wildman–Crippen MR) is 138 cm³/mol. The number of benzene rings is 3. The van der Waals surface area contributed by atoms with Crippen molar-refractivity contribution in [3.05, 3.63) is 96.7 Å².